The molecule has 2 aromatic carbocycles. The molecule has 0 atom stereocenters. The Kier molecular flexibility index (Phi) is 6.57. The Labute approximate surface area is 158 Å². The van der Waals surface area contributed by atoms with Crippen molar-refractivity contribution in [2.45, 2.75) is 18.2 Å². The molecule has 27 heavy (non-hydrogen) atoms. The van der Waals surface area contributed by atoms with Crippen molar-refractivity contribution in [2.24, 2.45) is 5.92 Å². The number of carbonyl (C=O) groups excluding carboxylic acids is 2. The van der Waals surface area contributed by atoms with E-state index < -0.39 is 27.9 Å². The molecule has 0 amide bonds. The van der Waals surface area contributed by atoms with Crippen LogP contribution in [0.1, 0.15) is 11.1 Å². The summed E-state index contributed by atoms with van der Waals surface area (Å²) in [5.74, 6) is -2.69. The molecule has 8 heteroatoms. The summed E-state index contributed by atoms with van der Waals surface area (Å²) >= 11 is 0. The predicted octanol–water partition coefficient (Wildman–Crippen LogP) is 2.30. The minimum Gasteiger partial charge on any atom is -0.468 e. The molecular weight excluding hydrogens is 370 g/mol. The summed E-state index contributed by atoms with van der Waals surface area (Å²) in [6, 6.07) is 12.9. The molecule has 0 saturated carbocycles. The zero-order valence-electron chi connectivity index (χ0n) is 15.3. The number of benzene rings is 2. The van der Waals surface area contributed by atoms with Gasteiger partial charge in [0.2, 0.25) is 0 Å². The minimum atomic E-state index is -3.82. The molecular formula is C19H21NO6S. The van der Waals surface area contributed by atoms with Crippen molar-refractivity contribution >= 4 is 27.6 Å². The van der Waals surface area contributed by atoms with Crippen LogP contribution in [-0.4, -0.2) is 34.6 Å². The molecule has 0 heterocycles. The highest BCUT2D eigenvalue weighted by Gasteiger charge is 2.30. The predicted molar refractivity (Wildman–Crippen MR) is 99.7 cm³/mol. The van der Waals surface area contributed by atoms with Gasteiger partial charge in [-0.25, -0.2) is 8.42 Å². The zero-order chi connectivity index (χ0) is 20.0. The third kappa shape index (κ3) is 5.07. The van der Waals surface area contributed by atoms with Crippen LogP contribution >= 0.6 is 0 Å². The van der Waals surface area contributed by atoms with Crippen molar-refractivity contribution in [3.05, 3.63) is 59.7 Å². The van der Waals surface area contributed by atoms with Gasteiger partial charge in [-0.15, -0.1) is 0 Å². The highest BCUT2D eigenvalue weighted by Crippen LogP contribution is 2.24. The van der Waals surface area contributed by atoms with E-state index in [1.165, 1.54) is 26.4 Å². The maximum atomic E-state index is 12.6. The summed E-state index contributed by atoms with van der Waals surface area (Å²) in [6.07, 6.45) is -0.0636. The van der Waals surface area contributed by atoms with Crippen LogP contribution in [0, 0.1) is 12.8 Å². The Morgan fingerprint density at radius 1 is 0.963 bits per heavy atom. The average molecular weight is 391 g/mol. The molecule has 2 rings (SSSR count). The van der Waals surface area contributed by atoms with E-state index in [2.05, 4.69) is 14.2 Å². The summed E-state index contributed by atoms with van der Waals surface area (Å²) in [4.78, 5) is 23.9. The fourth-order valence-electron chi connectivity index (χ4n) is 2.49. The first-order chi connectivity index (χ1) is 12.8. The van der Waals surface area contributed by atoms with Gasteiger partial charge in [-0.1, -0.05) is 35.9 Å². The van der Waals surface area contributed by atoms with Gasteiger partial charge in [-0.2, -0.15) is 0 Å². The largest absolute Gasteiger partial charge is 0.468 e. The third-order valence-corrected chi connectivity index (χ3v) is 5.37. The van der Waals surface area contributed by atoms with Gasteiger partial charge in [0.15, 0.2) is 5.92 Å². The topological polar surface area (TPSA) is 98.8 Å². The van der Waals surface area contributed by atoms with Crippen LogP contribution in [-0.2, 0) is 35.5 Å². The van der Waals surface area contributed by atoms with E-state index in [0.717, 1.165) is 5.56 Å². The number of aryl methyl sites for hydroxylation is 1. The number of carbonyl (C=O) groups is 2. The highest BCUT2D eigenvalue weighted by molar-refractivity contribution is 7.92. The van der Waals surface area contributed by atoms with Crippen LogP contribution in [0.3, 0.4) is 0 Å². The Balaban J connectivity index is 2.33. The minimum absolute atomic E-state index is 0.0636. The third-order valence-electron chi connectivity index (χ3n) is 3.99. The Morgan fingerprint density at radius 2 is 1.52 bits per heavy atom. The lowest BCUT2D eigenvalue weighted by molar-refractivity contribution is -0.158. The number of sulfonamides is 1. The number of methoxy groups -OCH3 is 2. The molecule has 0 aliphatic rings. The van der Waals surface area contributed by atoms with Crippen LogP contribution in [0.5, 0.6) is 0 Å². The Hall–Kier alpha value is -2.87. The molecule has 0 spiro atoms. The van der Waals surface area contributed by atoms with Crippen LogP contribution < -0.4 is 4.72 Å². The highest BCUT2D eigenvalue weighted by atomic mass is 32.2. The summed E-state index contributed by atoms with van der Waals surface area (Å²) in [6.45, 7) is 1.86. The van der Waals surface area contributed by atoms with Gasteiger partial charge in [0.05, 0.1) is 24.8 Å². The van der Waals surface area contributed by atoms with Gasteiger partial charge >= 0.3 is 11.9 Å². The van der Waals surface area contributed by atoms with E-state index in [1.54, 1.807) is 36.4 Å². The molecule has 0 aliphatic heterocycles. The maximum absolute atomic E-state index is 12.6. The van der Waals surface area contributed by atoms with Gasteiger partial charge in [-0.05, 0) is 37.1 Å². The Morgan fingerprint density at radius 3 is 2.07 bits per heavy atom. The smallest absolute Gasteiger partial charge is 0.320 e. The second-order valence-electron chi connectivity index (χ2n) is 5.88. The number of hydrogen-bond acceptors (Lipinski definition) is 6. The second-order valence-corrected chi connectivity index (χ2v) is 7.56. The Bertz CT molecular complexity index is 905. The van der Waals surface area contributed by atoms with Crippen molar-refractivity contribution in [3.8, 4) is 0 Å². The zero-order valence-corrected chi connectivity index (χ0v) is 16.1. The molecule has 0 saturated heterocycles. The molecule has 0 bridgehead atoms. The molecule has 0 radical (unpaired) electrons. The van der Waals surface area contributed by atoms with Crippen molar-refractivity contribution in [1.29, 1.82) is 0 Å². The van der Waals surface area contributed by atoms with E-state index in [4.69, 9.17) is 0 Å². The normalized spacial score (nSPS) is 11.1. The molecule has 1 N–H and O–H groups in total. The molecule has 7 nitrogen and oxygen atoms in total. The van der Waals surface area contributed by atoms with E-state index in [0.29, 0.717) is 5.56 Å². The van der Waals surface area contributed by atoms with Crippen LogP contribution in [0.2, 0.25) is 0 Å². The van der Waals surface area contributed by atoms with E-state index in [9.17, 15) is 18.0 Å². The van der Waals surface area contributed by atoms with Crippen molar-refractivity contribution in [1.82, 2.24) is 0 Å². The number of nitrogens with one attached hydrogen (secondary N) is 1. The number of rotatable bonds is 7. The van der Waals surface area contributed by atoms with Crippen LogP contribution in [0.15, 0.2) is 53.4 Å². The van der Waals surface area contributed by atoms with Gasteiger partial charge in [0.1, 0.15) is 0 Å². The van der Waals surface area contributed by atoms with Crippen molar-refractivity contribution in [3.63, 3.8) is 0 Å². The summed E-state index contributed by atoms with van der Waals surface area (Å²) in [5.41, 5.74) is 1.68. The maximum Gasteiger partial charge on any atom is 0.320 e. The molecule has 144 valence electrons. The number of hydrogen-bond donors (Lipinski definition) is 1. The summed E-state index contributed by atoms with van der Waals surface area (Å²) in [7, 11) is -1.48. The van der Waals surface area contributed by atoms with Gasteiger partial charge in [0, 0.05) is 0 Å². The number of anilines is 1. The molecule has 0 unspecified atom stereocenters. The van der Waals surface area contributed by atoms with Gasteiger partial charge in [0.25, 0.3) is 10.0 Å². The first-order valence-corrected chi connectivity index (χ1v) is 9.60. The van der Waals surface area contributed by atoms with E-state index in [1.807, 2.05) is 6.92 Å². The van der Waals surface area contributed by atoms with Crippen molar-refractivity contribution < 1.29 is 27.5 Å². The lowest BCUT2D eigenvalue weighted by Gasteiger charge is -2.16. The van der Waals surface area contributed by atoms with Crippen LogP contribution in [0.4, 0.5) is 5.69 Å². The molecule has 0 fully saturated rings. The number of ether oxygens (including phenoxy) is 2. The molecule has 2 aromatic rings. The lowest BCUT2D eigenvalue weighted by Crippen LogP contribution is -2.29. The van der Waals surface area contributed by atoms with Crippen LogP contribution in [0.25, 0.3) is 0 Å². The standard InChI is InChI=1S/C19H21NO6S/c1-13-8-10-15(11-9-13)27(23,24)20-17-7-5-4-6-14(17)12-16(18(21)25-2)19(22)26-3/h4-11,16,20H,12H2,1-3H3. The number of para-hydroxylation sites is 1. The van der Waals surface area contributed by atoms with Gasteiger partial charge in [-0.3, -0.25) is 14.3 Å². The molecule has 0 aliphatic carbocycles. The number of esters is 2. The SMILES string of the molecule is COC(=O)C(Cc1ccccc1NS(=O)(=O)c1ccc(C)cc1)C(=O)OC. The first kappa shape index (κ1) is 20.4. The quantitative estimate of drug-likeness (QED) is 0.574. The molecule has 0 aromatic heterocycles. The average Bonchev–Trinajstić information content (AvgIpc) is 2.66. The van der Waals surface area contributed by atoms with E-state index in [-0.39, 0.29) is 17.0 Å². The first-order valence-electron chi connectivity index (χ1n) is 8.11. The van der Waals surface area contributed by atoms with E-state index >= 15 is 0 Å². The second kappa shape index (κ2) is 8.68. The fraction of sp³-hybridized carbons (Fsp3) is 0.263. The summed E-state index contributed by atoms with van der Waals surface area (Å²) < 4.78 is 37.1. The lowest BCUT2D eigenvalue weighted by atomic mass is 9.98. The monoisotopic (exact) mass is 391 g/mol. The van der Waals surface area contributed by atoms with Crippen molar-refractivity contribution in [2.75, 3.05) is 18.9 Å². The summed E-state index contributed by atoms with van der Waals surface area (Å²) in [5, 5.41) is 0. The van der Waals surface area contributed by atoms with Gasteiger partial charge < -0.3 is 9.47 Å². The fourth-order valence-corrected chi connectivity index (χ4v) is 3.59.